The van der Waals surface area contributed by atoms with Gasteiger partial charge in [0.05, 0.1) is 5.56 Å². The van der Waals surface area contributed by atoms with Crippen molar-refractivity contribution in [1.29, 1.82) is 0 Å². The molecular weight excluding hydrogens is 354 g/mol. The van der Waals surface area contributed by atoms with E-state index in [1.807, 2.05) is 48.5 Å². The van der Waals surface area contributed by atoms with E-state index in [0.29, 0.717) is 27.1 Å². The molecule has 4 aromatic rings. The number of nitrogens with zero attached hydrogens (tertiary/aromatic N) is 1. The number of benzene rings is 2. The zero-order chi connectivity index (χ0) is 17.2. The molecular formula is C20H12ClNO2S. The molecule has 0 saturated heterocycles. The first-order valence-electron chi connectivity index (χ1n) is 7.62. The summed E-state index contributed by atoms with van der Waals surface area (Å²) in [5, 5.41) is 3.15. The zero-order valence-electron chi connectivity index (χ0n) is 13.0. The molecule has 0 spiro atoms. The van der Waals surface area contributed by atoms with Gasteiger partial charge in [-0.15, -0.1) is 11.3 Å². The molecule has 0 atom stereocenters. The highest BCUT2D eigenvalue weighted by molar-refractivity contribution is 7.13. The minimum Gasteiger partial charge on any atom is -0.456 e. The summed E-state index contributed by atoms with van der Waals surface area (Å²) >= 11 is 7.33. The fourth-order valence-electron chi connectivity index (χ4n) is 2.47. The second-order valence-corrected chi connectivity index (χ2v) is 6.70. The first-order chi connectivity index (χ1) is 12.2. The quantitative estimate of drug-likeness (QED) is 0.464. The largest absolute Gasteiger partial charge is 0.456 e. The van der Waals surface area contributed by atoms with Gasteiger partial charge < -0.3 is 4.42 Å². The fraction of sp³-hybridized carbons (Fsp3) is 0. The Bertz CT molecular complexity index is 1070. The van der Waals surface area contributed by atoms with Crippen LogP contribution in [-0.4, -0.2) is 4.98 Å². The first kappa shape index (κ1) is 15.8. The highest BCUT2D eigenvalue weighted by atomic mass is 35.5. The minimum atomic E-state index is -0.297. The number of rotatable bonds is 3. The van der Waals surface area contributed by atoms with Crippen molar-refractivity contribution in [2.75, 3.05) is 0 Å². The van der Waals surface area contributed by atoms with E-state index in [1.54, 1.807) is 23.6 Å². The summed E-state index contributed by atoms with van der Waals surface area (Å²) in [5.41, 5.74) is 2.00. The Morgan fingerprint density at radius 1 is 0.840 bits per heavy atom. The summed E-state index contributed by atoms with van der Waals surface area (Å²) in [5.74, 6) is 1.20. The molecule has 2 aromatic carbocycles. The van der Waals surface area contributed by atoms with Crippen LogP contribution in [0.3, 0.4) is 0 Å². The molecule has 0 radical (unpaired) electrons. The van der Waals surface area contributed by atoms with E-state index in [4.69, 9.17) is 16.0 Å². The molecule has 0 N–H and O–H groups in total. The van der Waals surface area contributed by atoms with Gasteiger partial charge in [-0.1, -0.05) is 41.9 Å². The van der Waals surface area contributed by atoms with Crippen molar-refractivity contribution in [3.63, 3.8) is 0 Å². The van der Waals surface area contributed by atoms with E-state index in [1.165, 1.54) is 11.3 Å². The lowest BCUT2D eigenvalue weighted by Crippen LogP contribution is -2.07. The molecule has 0 fully saturated rings. The van der Waals surface area contributed by atoms with Gasteiger partial charge in [-0.25, -0.2) is 0 Å². The summed E-state index contributed by atoms with van der Waals surface area (Å²) < 4.78 is 5.85. The lowest BCUT2D eigenvalue weighted by Gasteiger charge is -2.01. The Balaban J connectivity index is 1.69. The SMILES string of the molecule is O=c1nc(-c2ccccc2)scc1-c1ccc(-c2ccc(Cl)cc2)o1. The average Bonchev–Trinajstić information content (AvgIpc) is 3.13. The van der Waals surface area contributed by atoms with Crippen LogP contribution in [0.5, 0.6) is 0 Å². The highest BCUT2D eigenvalue weighted by Gasteiger charge is 2.12. The molecule has 5 heteroatoms. The van der Waals surface area contributed by atoms with Gasteiger partial charge in [-0.3, -0.25) is 4.79 Å². The van der Waals surface area contributed by atoms with Crippen molar-refractivity contribution >= 4 is 22.9 Å². The molecule has 3 nitrogen and oxygen atoms in total. The molecule has 0 amide bonds. The molecule has 4 rings (SSSR count). The number of halogens is 1. The Morgan fingerprint density at radius 2 is 1.56 bits per heavy atom. The molecule has 2 aromatic heterocycles. The van der Waals surface area contributed by atoms with Crippen LogP contribution in [0, 0.1) is 0 Å². The Labute approximate surface area is 153 Å². The lowest BCUT2D eigenvalue weighted by atomic mass is 10.2. The third-order valence-electron chi connectivity index (χ3n) is 3.74. The molecule has 0 unspecified atom stereocenters. The normalized spacial score (nSPS) is 10.8. The first-order valence-corrected chi connectivity index (χ1v) is 8.88. The summed E-state index contributed by atoms with van der Waals surface area (Å²) in [4.78, 5) is 16.6. The summed E-state index contributed by atoms with van der Waals surface area (Å²) in [6.45, 7) is 0. The Kier molecular flexibility index (Phi) is 4.22. The van der Waals surface area contributed by atoms with E-state index in [0.717, 1.165) is 11.1 Å². The van der Waals surface area contributed by atoms with Gasteiger partial charge in [0.25, 0.3) is 5.56 Å². The maximum absolute atomic E-state index is 12.4. The van der Waals surface area contributed by atoms with Crippen molar-refractivity contribution < 1.29 is 4.42 Å². The standard InChI is InChI=1S/C20H12ClNO2S/c21-15-8-6-13(7-9-15)17-10-11-18(24-17)16-12-25-20(22-19(16)23)14-4-2-1-3-5-14/h1-12H. The van der Waals surface area contributed by atoms with Crippen molar-refractivity contribution in [3.8, 4) is 33.2 Å². The van der Waals surface area contributed by atoms with Crippen molar-refractivity contribution in [2.24, 2.45) is 0 Å². The van der Waals surface area contributed by atoms with E-state index >= 15 is 0 Å². The van der Waals surface area contributed by atoms with Crippen LogP contribution in [0.1, 0.15) is 0 Å². The molecule has 0 bridgehead atoms. The summed E-state index contributed by atoms with van der Waals surface area (Å²) in [7, 11) is 0. The van der Waals surface area contributed by atoms with Crippen LogP contribution >= 0.6 is 22.9 Å². The van der Waals surface area contributed by atoms with E-state index in [9.17, 15) is 4.79 Å². The molecule has 0 aliphatic heterocycles. The van der Waals surface area contributed by atoms with E-state index < -0.39 is 0 Å². The van der Waals surface area contributed by atoms with Gasteiger partial charge in [-0.2, -0.15) is 4.98 Å². The fourth-order valence-corrected chi connectivity index (χ4v) is 3.45. The monoisotopic (exact) mass is 365 g/mol. The Hall–Kier alpha value is -2.69. The smallest absolute Gasteiger partial charge is 0.282 e. The molecule has 0 aliphatic carbocycles. The molecule has 0 aliphatic rings. The van der Waals surface area contributed by atoms with Gasteiger partial charge in [0, 0.05) is 21.5 Å². The second kappa shape index (κ2) is 6.67. The topological polar surface area (TPSA) is 43.1 Å². The van der Waals surface area contributed by atoms with E-state index in [-0.39, 0.29) is 5.56 Å². The molecule has 0 saturated carbocycles. The van der Waals surface area contributed by atoms with E-state index in [2.05, 4.69) is 4.98 Å². The van der Waals surface area contributed by atoms with Crippen LogP contribution in [0.2, 0.25) is 5.02 Å². The average molecular weight is 366 g/mol. The molecule has 2 heterocycles. The number of furan rings is 1. The number of aromatic nitrogens is 1. The predicted molar refractivity (Wildman–Crippen MR) is 102 cm³/mol. The van der Waals surface area contributed by atoms with Gasteiger partial charge in [0.2, 0.25) is 0 Å². The molecule has 25 heavy (non-hydrogen) atoms. The van der Waals surface area contributed by atoms with Gasteiger partial charge in [-0.05, 0) is 36.4 Å². The zero-order valence-corrected chi connectivity index (χ0v) is 14.6. The van der Waals surface area contributed by atoms with Gasteiger partial charge in [0.1, 0.15) is 16.5 Å². The van der Waals surface area contributed by atoms with Crippen LogP contribution in [0.15, 0.2) is 81.3 Å². The lowest BCUT2D eigenvalue weighted by molar-refractivity contribution is 0.597. The summed E-state index contributed by atoms with van der Waals surface area (Å²) in [6, 6.07) is 20.6. The van der Waals surface area contributed by atoms with Crippen LogP contribution in [0.25, 0.3) is 33.2 Å². The van der Waals surface area contributed by atoms with Crippen LogP contribution in [-0.2, 0) is 0 Å². The third kappa shape index (κ3) is 3.27. The summed E-state index contributed by atoms with van der Waals surface area (Å²) in [6.07, 6.45) is 0. The van der Waals surface area contributed by atoms with Crippen LogP contribution in [0.4, 0.5) is 0 Å². The van der Waals surface area contributed by atoms with Crippen molar-refractivity contribution in [3.05, 3.63) is 87.5 Å². The maximum Gasteiger partial charge on any atom is 0.282 e. The van der Waals surface area contributed by atoms with Gasteiger partial charge >= 0.3 is 0 Å². The Morgan fingerprint density at radius 3 is 2.28 bits per heavy atom. The van der Waals surface area contributed by atoms with Gasteiger partial charge in [0.15, 0.2) is 0 Å². The van der Waals surface area contributed by atoms with Crippen molar-refractivity contribution in [2.45, 2.75) is 0 Å². The third-order valence-corrected chi connectivity index (χ3v) is 4.90. The second-order valence-electron chi connectivity index (χ2n) is 5.41. The predicted octanol–water partition coefficient (Wildman–Crippen LogP) is 5.75. The van der Waals surface area contributed by atoms with Crippen LogP contribution < -0.4 is 5.56 Å². The minimum absolute atomic E-state index is 0.297. The maximum atomic E-state index is 12.4. The number of hydrogen-bond acceptors (Lipinski definition) is 4. The van der Waals surface area contributed by atoms with Crippen molar-refractivity contribution in [1.82, 2.24) is 4.98 Å². The molecule has 122 valence electrons. The highest BCUT2D eigenvalue weighted by Crippen LogP contribution is 2.29. The number of hydrogen-bond donors (Lipinski definition) is 0.